The Balaban J connectivity index is 1.35. The molecule has 0 bridgehead atoms. The molecule has 3 aromatic rings. The number of carbonyl (C=O) groups excluding carboxylic acids is 1. The van der Waals surface area contributed by atoms with Crippen LogP contribution in [0.3, 0.4) is 0 Å². The first-order valence-electron chi connectivity index (χ1n) is 9.27. The molecule has 0 aliphatic carbocycles. The average Bonchev–Trinajstić information content (AvgIpc) is 3.22. The zero-order valence-electron chi connectivity index (χ0n) is 15.8. The number of rotatable bonds is 5. The molecule has 1 aliphatic rings. The van der Waals surface area contributed by atoms with Crippen molar-refractivity contribution in [3.8, 4) is 5.69 Å². The molecule has 30 heavy (non-hydrogen) atoms. The van der Waals surface area contributed by atoms with E-state index in [1.54, 1.807) is 16.8 Å². The zero-order valence-corrected chi connectivity index (χ0v) is 18.1. The van der Waals surface area contributed by atoms with E-state index in [1.807, 2.05) is 30.3 Å². The van der Waals surface area contributed by atoms with Crippen molar-refractivity contribution in [1.29, 1.82) is 0 Å². The van der Waals surface area contributed by atoms with Gasteiger partial charge in [-0.05, 0) is 34.7 Å². The van der Waals surface area contributed by atoms with Gasteiger partial charge in [0.15, 0.2) is 0 Å². The second-order valence-corrected chi connectivity index (χ2v) is 8.03. The predicted octanol–water partition coefficient (Wildman–Crippen LogP) is 3.38. The first-order chi connectivity index (χ1) is 14.5. The Kier molecular flexibility index (Phi) is 6.38. The number of nitrogens with zero attached hydrogens (tertiary/aromatic N) is 6. The van der Waals surface area contributed by atoms with Crippen LogP contribution in [0.15, 0.2) is 42.5 Å². The SMILES string of the molecule is O=C(CN1CCN(c2nnnn2-c2ccccc2)CC1)Nc1c(Cl)cc(Cl)cc1Cl. The summed E-state index contributed by atoms with van der Waals surface area (Å²) in [4.78, 5) is 16.6. The first kappa shape index (κ1) is 20.9. The Bertz CT molecular complexity index is 1010. The van der Waals surface area contributed by atoms with Gasteiger partial charge >= 0.3 is 0 Å². The Morgan fingerprint density at radius 1 is 1.00 bits per heavy atom. The number of tetrazole rings is 1. The molecule has 1 aromatic heterocycles. The number of hydrogen-bond acceptors (Lipinski definition) is 6. The lowest BCUT2D eigenvalue weighted by Gasteiger charge is -2.34. The molecule has 11 heteroatoms. The van der Waals surface area contributed by atoms with Gasteiger partial charge in [0.1, 0.15) is 0 Å². The number of piperazine rings is 1. The summed E-state index contributed by atoms with van der Waals surface area (Å²) in [6.07, 6.45) is 0. The normalized spacial score (nSPS) is 14.7. The average molecular weight is 467 g/mol. The second-order valence-electron chi connectivity index (χ2n) is 6.78. The number of anilines is 2. The van der Waals surface area contributed by atoms with Gasteiger partial charge in [-0.3, -0.25) is 9.69 Å². The van der Waals surface area contributed by atoms with Gasteiger partial charge in [-0.25, -0.2) is 0 Å². The zero-order chi connectivity index (χ0) is 21.1. The Hall–Kier alpha value is -2.39. The van der Waals surface area contributed by atoms with E-state index in [9.17, 15) is 4.79 Å². The molecule has 1 amide bonds. The van der Waals surface area contributed by atoms with Gasteiger partial charge in [0.25, 0.3) is 0 Å². The highest BCUT2D eigenvalue weighted by Crippen LogP contribution is 2.33. The molecule has 2 aromatic carbocycles. The van der Waals surface area contributed by atoms with Crippen molar-refractivity contribution >= 4 is 52.3 Å². The first-order valence-corrected chi connectivity index (χ1v) is 10.4. The summed E-state index contributed by atoms with van der Waals surface area (Å²) < 4.78 is 1.72. The molecule has 156 valence electrons. The maximum Gasteiger partial charge on any atom is 0.250 e. The third kappa shape index (κ3) is 4.67. The van der Waals surface area contributed by atoms with Crippen LogP contribution in [0, 0.1) is 0 Å². The van der Waals surface area contributed by atoms with Gasteiger partial charge in [-0.15, -0.1) is 0 Å². The summed E-state index contributed by atoms with van der Waals surface area (Å²) in [7, 11) is 0. The monoisotopic (exact) mass is 465 g/mol. The number of para-hydroxylation sites is 1. The van der Waals surface area contributed by atoms with E-state index >= 15 is 0 Å². The molecule has 1 aliphatic heterocycles. The van der Waals surface area contributed by atoms with Crippen LogP contribution in [0.1, 0.15) is 0 Å². The van der Waals surface area contributed by atoms with Crippen LogP contribution >= 0.6 is 34.8 Å². The fourth-order valence-corrected chi connectivity index (χ4v) is 4.18. The minimum absolute atomic E-state index is 0.191. The molecule has 1 N–H and O–H groups in total. The number of amides is 1. The highest BCUT2D eigenvalue weighted by atomic mass is 35.5. The molecular weight excluding hydrogens is 449 g/mol. The summed E-state index contributed by atoms with van der Waals surface area (Å²) in [6.45, 7) is 3.01. The lowest BCUT2D eigenvalue weighted by Crippen LogP contribution is -2.49. The van der Waals surface area contributed by atoms with Crippen molar-refractivity contribution in [2.24, 2.45) is 0 Å². The summed E-state index contributed by atoms with van der Waals surface area (Å²) in [5, 5.41) is 15.9. The third-order valence-corrected chi connectivity index (χ3v) is 5.56. The van der Waals surface area contributed by atoms with Crippen LogP contribution in [-0.2, 0) is 4.79 Å². The summed E-state index contributed by atoms with van der Waals surface area (Å²) in [5.74, 6) is 0.494. The molecular formula is C19H18Cl3N7O. The molecule has 0 radical (unpaired) electrons. The van der Waals surface area contributed by atoms with Gasteiger partial charge in [0.2, 0.25) is 11.9 Å². The fraction of sp³-hybridized carbons (Fsp3) is 0.263. The number of hydrogen-bond donors (Lipinski definition) is 1. The van der Waals surface area contributed by atoms with Crippen LogP contribution in [0.4, 0.5) is 11.6 Å². The minimum atomic E-state index is -0.191. The van der Waals surface area contributed by atoms with Crippen LogP contribution in [0.5, 0.6) is 0 Å². The van der Waals surface area contributed by atoms with E-state index in [4.69, 9.17) is 34.8 Å². The molecule has 0 spiro atoms. The molecule has 4 rings (SSSR count). The molecule has 0 unspecified atom stereocenters. The van der Waals surface area contributed by atoms with E-state index in [0.29, 0.717) is 52.9 Å². The Morgan fingerprint density at radius 2 is 1.67 bits per heavy atom. The standard InChI is InChI=1S/C19H18Cl3N7O/c20-13-10-15(21)18(16(22)11-13)23-17(30)12-27-6-8-28(9-7-27)19-24-25-26-29(19)14-4-2-1-3-5-14/h1-5,10-11H,6-9,12H2,(H,23,30). The van der Waals surface area contributed by atoms with E-state index < -0.39 is 0 Å². The molecule has 1 fully saturated rings. The van der Waals surface area contributed by atoms with Gasteiger partial charge < -0.3 is 10.2 Å². The molecule has 1 saturated heterocycles. The van der Waals surface area contributed by atoms with Crippen LogP contribution in [-0.4, -0.2) is 63.7 Å². The number of halogens is 3. The third-order valence-electron chi connectivity index (χ3n) is 4.75. The smallest absolute Gasteiger partial charge is 0.250 e. The van der Waals surface area contributed by atoms with Crippen molar-refractivity contribution in [2.45, 2.75) is 0 Å². The lowest BCUT2D eigenvalue weighted by molar-refractivity contribution is -0.117. The molecule has 2 heterocycles. The van der Waals surface area contributed by atoms with Crippen molar-refractivity contribution < 1.29 is 4.79 Å². The number of carbonyl (C=O) groups is 1. The van der Waals surface area contributed by atoms with Crippen molar-refractivity contribution in [3.63, 3.8) is 0 Å². The number of benzene rings is 2. The van der Waals surface area contributed by atoms with Gasteiger partial charge in [0.05, 0.1) is 28.0 Å². The van der Waals surface area contributed by atoms with Crippen LogP contribution in [0.25, 0.3) is 5.69 Å². The summed E-state index contributed by atoms with van der Waals surface area (Å²) in [5.41, 5.74) is 1.27. The predicted molar refractivity (Wildman–Crippen MR) is 118 cm³/mol. The molecule has 8 nitrogen and oxygen atoms in total. The van der Waals surface area contributed by atoms with E-state index in [-0.39, 0.29) is 12.5 Å². The van der Waals surface area contributed by atoms with Gasteiger partial charge in [-0.1, -0.05) is 58.1 Å². The topological polar surface area (TPSA) is 79.2 Å². The highest BCUT2D eigenvalue weighted by Gasteiger charge is 2.24. The van der Waals surface area contributed by atoms with Gasteiger partial charge in [0, 0.05) is 31.2 Å². The number of aromatic nitrogens is 4. The van der Waals surface area contributed by atoms with Gasteiger partial charge in [-0.2, -0.15) is 4.68 Å². The summed E-state index contributed by atoms with van der Waals surface area (Å²) >= 11 is 18.2. The van der Waals surface area contributed by atoms with Crippen molar-refractivity contribution in [2.75, 3.05) is 42.9 Å². The molecule has 0 atom stereocenters. The highest BCUT2D eigenvalue weighted by molar-refractivity contribution is 6.42. The lowest BCUT2D eigenvalue weighted by atomic mass is 10.3. The maximum atomic E-state index is 12.5. The van der Waals surface area contributed by atoms with E-state index in [1.165, 1.54) is 0 Å². The number of nitrogens with one attached hydrogen (secondary N) is 1. The van der Waals surface area contributed by atoms with E-state index in [2.05, 4.69) is 30.6 Å². The van der Waals surface area contributed by atoms with E-state index in [0.717, 1.165) is 5.69 Å². The summed E-state index contributed by atoms with van der Waals surface area (Å²) in [6, 6.07) is 12.8. The van der Waals surface area contributed by atoms with Crippen LogP contribution < -0.4 is 10.2 Å². The van der Waals surface area contributed by atoms with Crippen molar-refractivity contribution in [1.82, 2.24) is 25.1 Å². The maximum absolute atomic E-state index is 12.5. The quantitative estimate of drug-likeness (QED) is 0.621. The van der Waals surface area contributed by atoms with Crippen LogP contribution in [0.2, 0.25) is 15.1 Å². The minimum Gasteiger partial charge on any atom is -0.337 e. The van der Waals surface area contributed by atoms with Crippen molar-refractivity contribution in [3.05, 3.63) is 57.5 Å². The Morgan fingerprint density at radius 3 is 2.33 bits per heavy atom. The Labute approximate surface area is 188 Å². The second kappa shape index (κ2) is 9.18. The molecule has 0 saturated carbocycles. The largest absolute Gasteiger partial charge is 0.337 e. The fourth-order valence-electron chi connectivity index (χ4n) is 3.27.